The Kier molecular flexibility index (Phi) is 41.4. The molecule has 0 saturated heterocycles. The lowest BCUT2D eigenvalue weighted by Gasteiger charge is -2.39. The van der Waals surface area contributed by atoms with E-state index in [-0.39, 0.29) is 13.2 Å². The number of benzene rings is 3. The monoisotopic (exact) mass is 1210 g/mol. The number of aliphatic hydroxyl groups excluding tert-OH is 2. The number of ether oxygens (including phenoxy) is 6. The van der Waals surface area contributed by atoms with E-state index < -0.39 is 50.4 Å². The van der Waals surface area contributed by atoms with Crippen LogP contribution in [0.25, 0.3) is 18.2 Å². The number of hydrogen-bond donors (Lipinski definition) is 2. The molecule has 0 saturated carbocycles. The Morgan fingerprint density at radius 1 is 0.346 bits per heavy atom. The van der Waals surface area contributed by atoms with E-state index in [0.717, 1.165) is 63.1 Å². The first kappa shape index (κ1) is 74.0. The Balaban J connectivity index is 0.000000724. The second-order valence-electron chi connectivity index (χ2n) is 22.3. The van der Waals surface area contributed by atoms with Gasteiger partial charge in [-0.25, -0.2) is 0 Å². The average Bonchev–Trinajstić information content (AvgIpc) is 3.36. The highest BCUT2D eigenvalue weighted by Crippen LogP contribution is 2.28. The van der Waals surface area contributed by atoms with Crippen molar-refractivity contribution in [2.24, 2.45) is 0 Å². The number of rotatable bonds is 42. The molecule has 0 spiro atoms. The molecule has 3 rings (SSSR count). The van der Waals surface area contributed by atoms with Crippen LogP contribution in [0.3, 0.4) is 0 Å². The summed E-state index contributed by atoms with van der Waals surface area (Å²) in [5.41, 5.74) is 3.57. The van der Waals surface area contributed by atoms with Crippen LogP contribution in [0.1, 0.15) is 42.4 Å². The Hall–Kier alpha value is -2.01. The topological polar surface area (TPSA) is 133 Å². The van der Waals surface area contributed by atoms with E-state index in [9.17, 15) is 0 Å². The second kappa shape index (κ2) is 43.6. The molecule has 3 aromatic carbocycles. The minimum absolute atomic E-state index is 0.0792. The Bertz CT molecular complexity index is 1850. The maximum absolute atomic E-state index is 8.72. The van der Waals surface area contributed by atoms with E-state index in [4.69, 9.17) is 66.7 Å². The van der Waals surface area contributed by atoms with Crippen LogP contribution in [0.2, 0.25) is 103 Å². The van der Waals surface area contributed by atoms with Crippen molar-refractivity contribution >= 4 is 80.2 Å². The summed E-state index contributed by atoms with van der Waals surface area (Å²) in [6, 6.07) is 34.8. The van der Waals surface area contributed by atoms with E-state index >= 15 is 0 Å². The van der Waals surface area contributed by atoms with Crippen molar-refractivity contribution in [2.45, 2.75) is 128 Å². The zero-order chi connectivity index (χ0) is 57.9. The lowest BCUT2D eigenvalue weighted by atomic mass is 10.2. The van der Waals surface area contributed by atoms with Crippen molar-refractivity contribution in [2.75, 3.05) is 98.4 Å². The minimum atomic E-state index is -2.22. The molecule has 12 nitrogen and oxygen atoms in total. The van der Waals surface area contributed by atoms with Crippen LogP contribution in [0.5, 0.6) is 0 Å². The number of aliphatic hydroxyl groups is 2. The molecule has 0 aliphatic rings. The molecule has 0 aliphatic heterocycles. The van der Waals surface area contributed by atoms with E-state index in [0.29, 0.717) is 71.9 Å². The fraction of sp³-hybridized carbons (Fsp3) is 0.593. The number of alkyl halides is 1. The van der Waals surface area contributed by atoms with Crippen LogP contribution < -0.4 is 0 Å². The van der Waals surface area contributed by atoms with Gasteiger partial charge in [-0.05, 0) is 145 Å². The number of hydrogen-bond acceptors (Lipinski definition) is 12. The zero-order valence-corrected chi connectivity index (χ0v) is 57.0. The summed E-state index contributed by atoms with van der Waals surface area (Å²) in [4.78, 5) is 0. The molecule has 0 unspecified atom stereocenters. The lowest BCUT2D eigenvalue weighted by molar-refractivity contribution is 0.0585. The molecule has 0 bridgehead atoms. The van der Waals surface area contributed by atoms with Gasteiger partial charge in [-0.1, -0.05) is 127 Å². The number of halogens is 1. The Morgan fingerprint density at radius 2 is 0.603 bits per heavy atom. The molecular weight excluding hydrogens is 1100 g/mol. The summed E-state index contributed by atoms with van der Waals surface area (Å²) in [5.74, 6) is 0.578. The summed E-state index contributed by atoms with van der Waals surface area (Å²) >= 11 is 5.46. The second-order valence-corrected chi connectivity index (χ2v) is 47.6. The third-order valence-corrected chi connectivity index (χ3v) is 34.5. The molecular formula is C59H105ClO12Si6. The summed E-state index contributed by atoms with van der Waals surface area (Å²) in [5, 5.41) is 17.4. The summed E-state index contributed by atoms with van der Waals surface area (Å²) in [6.07, 6.45) is 16.1. The van der Waals surface area contributed by atoms with Crippen LogP contribution in [0.15, 0.2) is 109 Å². The van der Waals surface area contributed by atoms with Gasteiger partial charge in [0, 0.05) is 32.3 Å². The average molecular weight is 1210 g/mol. The maximum Gasteiger partial charge on any atom is 0.311 e. The van der Waals surface area contributed by atoms with Gasteiger partial charge >= 0.3 is 17.1 Å². The van der Waals surface area contributed by atoms with Gasteiger partial charge < -0.3 is 55.1 Å². The SMILES string of the molecule is C[Si](C)(CCCOCCO)O[Si](C)(C)O[Si](C)(C)CCCOCCO.C[Si](C)(CCCOCCOC/C=C/c1ccccc1)O[Si](C)(C)O[Si](C)(C)CCCOCCOC/C=C/c1ccccc1.ClC/C=C/c1ccccc1. The molecule has 0 heterocycles. The smallest absolute Gasteiger partial charge is 0.311 e. The number of allylic oxidation sites excluding steroid dienone is 1. The van der Waals surface area contributed by atoms with Crippen LogP contribution in [0, 0.1) is 0 Å². The largest absolute Gasteiger partial charge is 0.437 e. The fourth-order valence-corrected chi connectivity index (χ4v) is 36.7. The van der Waals surface area contributed by atoms with Gasteiger partial charge in [-0.15, -0.1) is 11.6 Å². The van der Waals surface area contributed by atoms with Gasteiger partial charge in [0.25, 0.3) is 0 Å². The van der Waals surface area contributed by atoms with E-state index in [2.05, 4.69) is 115 Å². The molecule has 2 N–H and O–H groups in total. The van der Waals surface area contributed by atoms with E-state index in [1.807, 2.05) is 91.0 Å². The van der Waals surface area contributed by atoms with Crippen molar-refractivity contribution in [3.8, 4) is 0 Å². The molecule has 0 fully saturated rings. The van der Waals surface area contributed by atoms with Crippen molar-refractivity contribution in [3.63, 3.8) is 0 Å². The van der Waals surface area contributed by atoms with Crippen LogP contribution in [-0.4, -0.2) is 159 Å². The van der Waals surface area contributed by atoms with E-state index in [1.165, 1.54) is 16.7 Å². The predicted octanol–water partition coefficient (Wildman–Crippen LogP) is 14.3. The van der Waals surface area contributed by atoms with Gasteiger partial charge in [0.05, 0.1) is 66.1 Å². The zero-order valence-electron chi connectivity index (χ0n) is 50.2. The first-order valence-electron chi connectivity index (χ1n) is 28.2. The minimum Gasteiger partial charge on any atom is -0.437 e. The lowest BCUT2D eigenvalue weighted by Crippen LogP contribution is -2.52. The molecule has 19 heteroatoms. The highest BCUT2D eigenvalue weighted by atomic mass is 35.5. The van der Waals surface area contributed by atoms with Gasteiger partial charge in [-0.3, -0.25) is 0 Å². The highest BCUT2D eigenvalue weighted by Gasteiger charge is 2.40. The normalized spacial score (nSPS) is 12.8. The fourth-order valence-electron chi connectivity index (χ4n) is 8.62. The molecule has 0 aliphatic carbocycles. The van der Waals surface area contributed by atoms with Crippen LogP contribution >= 0.6 is 11.6 Å². The third kappa shape index (κ3) is 44.6. The van der Waals surface area contributed by atoms with Crippen molar-refractivity contribution in [1.29, 1.82) is 0 Å². The summed E-state index contributed by atoms with van der Waals surface area (Å²) < 4.78 is 60.1. The van der Waals surface area contributed by atoms with Crippen molar-refractivity contribution in [3.05, 3.63) is 126 Å². The van der Waals surface area contributed by atoms with Gasteiger partial charge in [0.2, 0.25) is 0 Å². The van der Waals surface area contributed by atoms with Crippen molar-refractivity contribution in [1.82, 2.24) is 0 Å². The molecule has 0 aromatic heterocycles. The molecule has 444 valence electrons. The summed E-state index contributed by atoms with van der Waals surface area (Å²) in [7, 11) is -11.6. The quantitative estimate of drug-likeness (QED) is 0.0318. The van der Waals surface area contributed by atoms with Gasteiger partial charge in [-0.2, -0.15) is 0 Å². The molecule has 0 radical (unpaired) electrons. The summed E-state index contributed by atoms with van der Waals surface area (Å²) in [6.45, 7) is 34.4. The first-order chi connectivity index (χ1) is 37.0. The predicted molar refractivity (Wildman–Crippen MR) is 343 cm³/mol. The molecule has 78 heavy (non-hydrogen) atoms. The Morgan fingerprint density at radius 3 is 0.872 bits per heavy atom. The molecule has 3 aromatic rings. The first-order valence-corrected chi connectivity index (χ1v) is 46.9. The van der Waals surface area contributed by atoms with Crippen LogP contribution in [0.4, 0.5) is 0 Å². The maximum atomic E-state index is 8.72. The molecule has 0 amide bonds. The molecule has 0 atom stereocenters. The van der Waals surface area contributed by atoms with E-state index in [1.54, 1.807) is 0 Å². The van der Waals surface area contributed by atoms with Gasteiger partial charge in [0.1, 0.15) is 0 Å². The van der Waals surface area contributed by atoms with Crippen molar-refractivity contribution < 1.29 is 55.1 Å². The van der Waals surface area contributed by atoms with Gasteiger partial charge in [0.15, 0.2) is 33.3 Å². The third-order valence-electron chi connectivity index (χ3n) is 11.4. The Labute approximate surface area is 485 Å². The standard InChI is InChI=1S/C34H56O6Si3.C16H40O6Si3.C9H9Cl/c1-41(2,31-15-25-37-29-27-35-23-13-21-33-17-9-7-10-18-33)39-43(5,6)40-42(3,4)32-16-26-38-30-28-36-24-14-22-34-19-11-8-12-20-34;1-23(2,15-7-11-19-13-9-17)21-25(5,6)22-24(3,4)16-8-12-20-14-10-18;10-8-4-7-9-5-2-1-3-6-9/h7-14,17-22H,15-16,23-32H2,1-6H3;17-18H,7-16H2,1-6H3;1-7H,8H2/b21-13+,22-14+;;7-4+. The van der Waals surface area contributed by atoms with Crippen LogP contribution in [-0.2, 0) is 44.9 Å². The highest BCUT2D eigenvalue weighted by molar-refractivity contribution is 6.88.